The summed E-state index contributed by atoms with van der Waals surface area (Å²) in [4.78, 5) is 4.38. The van der Waals surface area contributed by atoms with Crippen LogP contribution >= 0.6 is 27.7 Å². The summed E-state index contributed by atoms with van der Waals surface area (Å²) in [5.74, 6) is 0. The average molecular weight is 256 g/mol. The average Bonchev–Trinajstić information content (AvgIpc) is 2.53. The Labute approximate surface area is 90.8 Å². The molecule has 1 aromatic rings. The Morgan fingerprint density at radius 1 is 1.38 bits per heavy atom. The van der Waals surface area contributed by atoms with Crippen molar-refractivity contribution in [2.75, 3.05) is 6.54 Å². The summed E-state index contributed by atoms with van der Waals surface area (Å²) >= 11 is 5.29. The van der Waals surface area contributed by atoms with E-state index >= 15 is 0 Å². The standard InChI is InChI=1S/C10H10BrNS/c1-7-12-6-10(13-7)8-2-4-9(11)5-3-8/h2-5,10H,6H2,1H3. The molecule has 1 heterocycles. The smallest absolute Gasteiger partial charge is 0.0652 e. The molecular weight excluding hydrogens is 246 g/mol. The van der Waals surface area contributed by atoms with Gasteiger partial charge in [0.25, 0.3) is 0 Å². The summed E-state index contributed by atoms with van der Waals surface area (Å²) in [7, 11) is 0. The molecule has 0 N–H and O–H groups in total. The van der Waals surface area contributed by atoms with Gasteiger partial charge in [0.1, 0.15) is 0 Å². The maximum absolute atomic E-state index is 4.38. The highest BCUT2D eigenvalue weighted by Crippen LogP contribution is 2.35. The minimum atomic E-state index is 0.535. The third-order valence-electron chi connectivity index (χ3n) is 2.03. The zero-order valence-electron chi connectivity index (χ0n) is 7.33. The van der Waals surface area contributed by atoms with Crippen LogP contribution in [-0.4, -0.2) is 11.6 Å². The van der Waals surface area contributed by atoms with Crippen LogP contribution in [0.4, 0.5) is 0 Å². The van der Waals surface area contributed by atoms with E-state index in [9.17, 15) is 0 Å². The molecule has 0 spiro atoms. The van der Waals surface area contributed by atoms with Crippen molar-refractivity contribution in [3.63, 3.8) is 0 Å². The number of thioether (sulfide) groups is 1. The van der Waals surface area contributed by atoms with Crippen molar-refractivity contribution in [2.45, 2.75) is 12.2 Å². The number of aliphatic imine (C=N–C) groups is 1. The summed E-state index contributed by atoms with van der Waals surface area (Å²) in [6.07, 6.45) is 0. The lowest BCUT2D eigenvalue weighted by Crippen LogP contribution is -1.92. The first kappa shape index (κ1) is 9.28. The van der Waals surface area contributed by atoms with Gasteiger partial charge in [-0.3, -0.25) is 4.99 Å². The molecule has 0 saturated carbocycles. The molecule has 0 fully saturated rings. The fraction of sp³-hybridized carbons (Fsp3) is 0.300. The topological polar surface area (TPSA) is 12.4 Å². The van der Waals surface area contributed by atoms with Gasteiger partial charge in [0, 0.05) is 4.47 Å². The first-order valence-corrected chi connectivity index (χ1v) is 5.86. The van der Waals surface area contributed by atoms with E-state index in [0.29, 0.717) is 5.25 Å². The normalized spacial score (nSPS) is 21.7. The number of rotatable bonds is 1. The zero-order valence-corrected chi connectivity index (χ0v) is 9.73. The highest BCUT2D eigenvalue weighted by atomic mass is 79.9. The summed E-state index contributed by atoms with van der Waals surface area (Å²) in [6.45, 7) is 3.00. The molecular formula is C10H10BrNS. The van der Waals surface area contributed by atoms with E-state index < -0.39 is 0 Å². The summed E-state index contributed by atoms with van der Waals surface area (Å²) < 4.78 is 1.14. The van der Waals surface area contributed by atoms with Gasteiger partial charge in [0.05, 0.1) is 16.8 Å². The van der Waals surface area contributed by atoms with E-state index in [4.69, 9.17) is 0 Å². The predicted octanol–water partition coefficient (Wildman–Crippen LogP) is 3.66. The highest BCUT2D eigenvalue weighted by molar-refractivity contribution is 9.10. The Morgan fingerprint density at radius 2 is 2.08 bits per heavy atom. The van der Waals surface area contributed by atoms with Crippen LogP contribution in [0.3, 0.4) is 0 Å². The maximum atomic E-state index is 4.38. The van der Waals surface area contributed by atoms with Gasteiger partial charge in [-0.05, 0) is 24.6 Å². The lowest BCUT2D eigenvalue weighted by Gasteiger charge is -2.07. The van der Waals surface area contributed by atoms with Crippen molar-refractivity contribution in [3.05, 3.63) is 34.3 Å². The number of nitrogens with zero attached hydrogens (tertiary/aromatic N) is 1. The summed E-state index contributed by atoms with van der Waals surface area (Å²) in [5.41, 5.74) is 1.37. The minimum absolute atomic E-state index is 0.535. The predicted molar refractivity (Wildman–Crippen MR) is 62.5 cm³/mol. The van der Waals surface area contributed by atoms with Crippen molar-refractivity contribution in [2.24, 2.45) is 4.99 Å². The van der Waals surface area contributed by atoms with Gasteiger partial charge < -0.3 is 0 Å². The third kappa shape index (κ3) is 2.15. The summed E-state index contributed by atoms with van der Waals surface area (Å²) in [5, 5.41) is 1.74. The van der Waals surface area contributed by atoms with Crippen molar-refractivity contribution in [3.8, 4) is 0 Å². The monoisotopic (exact) mass is 255 g/mol. The Kier molecular flexibility index (Phi) is 2.74. The molecule has 0 bridgehead atoms. The van der Waals surface area contributed by atoms with Crippen molar-refractivity contribution < 1.29 is 0 Å². The largest absolute Gasteiger partial charge is 0.282 e. The van der Waals surface area contributed by atoms with Crippen LogP contribution in [0.15, 0.2) is 33.7 Å². The molecule has 2 rings (SSSR count). The number of hydrogen-bond acceptors (Lipinski definition) is 2. The van der Waals surface area contributed by atoms with Crippen molar-refractivity contribution in [1.29, 1.82) is 0 Å². The Balaban J connectivity index is 2.14. The minimum Gasteiger partial charge on any atom is -0.282 e. The van der Waals surface area contributed by atoms with Crippen LogP contribution in [0.2, 0.25) is 0 Å². The molecule has 68 valence electrons. The van der Waals surface area contributed by atoms with Gasteiger partial charge in [-0.1, -0.05) is 28.1 Å². The second-order valence-corrected chi connectivity index (χ2v) is 5.33. The molecule has 3 heteroatoms. The maximum Gasteiger partial charge on any atom is 0.0652 e. The van der Waals surface area contributed by atoms with Crippen molar-refractivity contribution >= 4 is 32.7 Å². The second kappa shape index (κ2) is 3.84. The lowest BCUT2D eigenvalue weighted by molar-refractivity contribution is 0.965. The van der Waals surface area contributed by atoms with Gasteiger partial charge in [-0.2, -0.15) is 0 Å². The second-order valence-electron chi connectivity index (χ2n) is 3.02. The van der Waals surface area contributed by atoms with E-state index in [2.05, 4.69) is 52.1 Å². The third-order valence-corrected chi connectivity index (χ3v) is 3.74. The Hall–Kier alpha value is -0.280. The SMILES string of the molecule is CC1=NCC(c2ccc(Br)cc2)S1. The lowest BCUT2D eigenvalue weighted by atomic mass is 10.1. The summed E-state index contributed by atoms with van der Waals surface area (Å²) in [6, 6.07) is 8.50. The molecule has 0 saturated heterocycles. The molecule has 0 aromatic heterocycles. The molecule has 1 aliphatic rings. The molecule has 1 aromatic carbocycles. The Morgan fingerprint density at radius 3 is 2.62 bits per heavy atom. The molecule has 0 amide bonds. The van der Waals surface area contributed by atoms with Crippen LogP contribution in [0.5, 0.6) is 0 Å². The number of hydrogen-bond donors (Lipinski definition) is 0. The number of halogens is 1. The number of benzene rings is 1. The van der Waals surface area contributed by atoms with E-state index in [-0.39, 0.29) is 0 Å². The van der Waals surface area contributed by atoms with E-state index in [1.54, 1.807) is 0 Å². The molecule has 13 heavy (non-hydrogen) atoms. The Bertz CT molecular complexity index is 331. The molecule has 1 nitrogen and oxygen atoms in total. The highest BCUT2D eigenvalue weighted by Gasteiger charge is 2.17. The quantitative estimate of drug-likeness (QED) is 0.747. The van der Waals surface area contributed by atoms with Gasteiger partial charge in [0.2, 0.25) is 0 Å². The molecule has 0 aliphatic carbocycles. The van der Waals surface area contributed by atoms with E-state index in [1.165, 1.54) is 10.6 Å². The van der Waals surface area contributed by atoms with Crippen molar-refractivity contribution in [1.82, 2.24) is 0 Å². The molecule has 1 unspecified atom stereocenters. The van der Waals surface area contributed by atoms with Gasteiger partial charge in [-0.15, -0.1) is 11.8 Å². The van der Waals surface area contributed by atoms with Crippen LogP contribution in [-0.2, 0) is 0 Å². The zero-order chi connectivity index (χ0) is 9.26. The van der Waals surface area contributed by atoms with Gasteiger partial charge in [-0.25, -0.2) is 0 Å². The molecule has 0 radical (unpaired) electrons. The fourth-order valence-corrected chi connectivity index (χ4v) is 2.61. The van der Waals surface area contributed by atoms with Crippen LogP contribution < -0.4 is 0 Å². The van der Waals surface area contributed by atoms with Crippen LogP contribution in [0.25, 0.3) is 0 Å². The first-order valence-electron chi connectivity index (χ1n) is 4.19. The molecule has 1 atom stereocenters. The van der Waals surface area contributed by atoms with Gasteiger partial charge >= 0.3 is 0 Å². The van der Waals surface area contributed by atoms with Crippen LogP contribution in [0, 0.1) is 0 Å². The van der Waals surface area contributed by atoms with E-state index in [1.807, 2.05) is 11.8 Å². The van der Waals surface area contributed by atoms with Crippen LogP contribution in [0.1, 0.15) is 17.7 Å². The fourth-order valence-electron chi connectivity index (χ4n) is 1.34. The van der Waals surface area contributed by atoms with Gasteiger partial charge in [0.15, 0.2) is 0 Å². The molecule has 1 aliphatic heterocycles. The van der Waals surface area contributed by atoms with E-state index in [0.717, 1.165) is 11.0 Å². The first-order chi connectivity index (χ1) is 6.25.